The molecule has 2 rings (SSSR count). The highest BCUT2D eigenvalue weighted by Crippen LogP contribution is 2.18. The normalized spacial score (nSPS) is 16.5. The van der Waals surface area contributed by atoms with E-state index in [9.17, 15) is 4.79 Å². The number of ether oxygens (including phenoxy) is 1. The first kappa shape index (κ1) is 16.6. The minimum absolute atomic E-state index is 0.363. The molecular weight excluding hydrogens is 276 g/mol. The molecule has 4 heteroatoms. The highest BCUT2D eigenvalue weighted by Gasteiger charge is 2.21. The van der Waals surface area contributed by atoms with Crippen LogP contribution in [0.3, 0.4) is 0 Å². The van der Waals surface area contributed by atoms with Crippen LogP contribution in [0.2, 0.25) is 0 Å². The van der Waals surface area contributed by atoms with Crippen molar-refractivity contribution >= 4 is 6.09 Å². The Morgan fingerprint density at radius 2 is 1.95 bits per heavy atom. The number of hydrogen-bond donors (Lipinski definition) is 1. The third kappa shape index (κ3) is 5.19. The molecule has 1 amide bonds. The van der Waals surface area contributed by atoms with Gasteiger partial charge in [-0.2, -0.15) is 0 Å². The lowest BCUT2D eigenvalue weighted by Gasteiger charge is -2.30. The van der Waals surface area contributed by atoms with Crippen LogP contribution in [0.25, 0.3) is 0 Å². The van der Waals surface area contributed by atoms with Crippen molar-refractivity contribution in [1.29, 1.82) is 0 Å². The Morgan fingerprint density at radius 3 is 2.55 bits per heavy atom. The fraction of sp³-hybridized carbons (Fsp3) is 0.500. The maximum Gasteiger partial charge on any atom is 0.411 e. The first-order valence-electron chi connectivity index (χ1n) is 7.78. The standard InChI is InChI=1S/C18H26N2O2/c1-14-12-20(13-15-8-6-5-7-9-15)11-10-16(14)19-17(21)22-18(2,3)4/h5-9H,10-13H2,1-4H3,(H,19,21). The van der Waals surface area contributed by atoms with Gasteiger partial charge in [0.2, 0.25) is 0 Å². The summed E-state index contributed by atoms with van der Waals surface area (Å²) in [6.45, 7) is 10.4. The molecule has 0 unspecified atom stereocenters. The van der Waals surface area contributed by atoms with Crippen molar-refractivity contribution in [1.82, 2.24) is 10.2 Å². The van der Waals surface area contributed by atoms with E-state index < -0.39 is 5.60 Å². The van der Waals surface area contributed by atoms with Crippen molar-refractivity contribution in [3.63, 3.8) is 0 Å². The third-order valence-corrected chi connectivity index (χ3v) is 3.55. The summed E-state index contributed by atoms with van der Waals surface area (Å²) in [4.78, 5) is 14.3. The molecule has 0 saturated carbocycles. The lowest BCUT2D eigenvalue weighted by Crippen LogP contribution is -2.38. The van der Waals surface area contributed by atoms with Crippen molar-refractivity contribution < 1.29 is 9.53 Å². The van der Waals surface area contributed by atoms with E-state index in [0.29, 0.717) is 0 Å². The van der Waals surface area contributed by atoms with E-state index in [2.05, 4.69) is 41.4 Å². The molecule has 1 aliphatic heterocycles. The van der Waals surface area contributed by atoms with Crippen LogP contribution in [0.15, 0.2) is 41.6 Å². The molecular formula is C18H26N2O2. The monoisotopic (exact) mass is 302 g/mol. The molecule has 1 aromatic rings. The van der Waals surface area contributed by atoms with Crippen molar-refractivity contribution in [2.45, 2.75) is 46.3 Å². The molecule has 0 bridgehead atoms. The number of nitrogens with zero attached hydrogens (tertiary/aromatic N) is 1. The second-order valence-corrected chi connectivity index (χ2v) is 6.83. The molecule has 1 heterocycles. The number of benzene rings is 1. The molecule has 0 saturated heterocycles. The maximum atomic E-state index is 11.9. The lowest BCUT2D eigenvalue weighted by molar-refractivity contribution is 0.0540. The van der Waals surface area contributed by atoms with Gasteiger partial charge in [0, 0.05) is 31.8 Å². The quantitative estimate of drug-likeness (QED) is 0.926. The molecule has 22 heavy (non-hydrogen) atoms. The summed E-state index contributed by atoms with van der Waals surface area (Å²) in [5.41, 5.74) is 3.05. The maximum absolute atomic E-state index is 11.9. The summed E-state index contributed by atoms with van der Waals surface area (Å²) in [6, 6.07) is 10.5. The number of alkyl carbamates (subject to hydrolysis) is 1. The van der Waals surface area contributed by atoms with Crippen LogP contribution in [0.5, 0.6) is 0 Å². The van der Waals surface area contributed by atoms with Gasteiger partial charge in [-0.25, -0.2) is 4.79 Å². The Hall–Kier alpha value is -1.81. The molecule has 0 aromatic heterocycles. The summed E-state index contributed by atoms with van der Waals surface area (Å²) in [7, 11) is 0. The number of nitrogens with one attached hydrogen (secondary N) is 1. The van der Waals surface area contributed by atoms with Crippen LogP contribution < -0.4 is 5.32 Å². The predicted octanol–water partition coefficient (Wildman–Crippen LogP) is 3.69. The van der Waals surface area contributed by atoms with Crippen molar-refractivity contribution in [2.24, 2.45) is 0 Å². The van der Waals surface area contributed by atoms with Gasteiger partial charge in [0.15, 0.2) is 0 Å². The highest BCUT2D eigenvalue weighted by atomic mass is 16.6. The molecule has 0 aliphatic carbocycles. The van der Waals surface area contributed by atoms with E-state index in [1.54, 1.807) is 0 Å². The SMILES string of the molecule is CC1=C(NC(=O)OC(C)(C)C)CCN(Cc2ccccc2)C1. The molecule has 1 aromatic carbocycles. The first-order valence-corrected chi connectivity index (χ1v) is 7.78. The first-order chi connectivity index (χ1) is 10.3. The summed E-state index contributed by atoms with van der Waals surface area (Å²) in [5, 5.41) is 2.90. The van der Waals surface area contributed by atoms with Gasteiger partial charge in [0.05, 0.1) is 0 Å². The fourth-order valence-corrected chi connectivity index (χ4v) is 2.57. The lowest BCUT2D eigenvalue weighted by atomic mass is 10.1. The van der Waals surface area contributed by atoms with E-state index in [0.717, 1.165) is 31.8 Å². The largest absolute Gasteiger partial charge is 0.444 e. The van der Waals surface area contributed by atoms with Crippen molar-refractivity contribution in [3.8, 4) is 0 Å². The van der Waals surface area contributed by atoms with Crippen LogP contribution in [-0.4, -0.2) is 29.7 Å². The number of carbonyl (C=O) groups is 1. The summed E-state index contributed by atoms with van der Waals surface area (Å²) >= 11 is 0. The van der Waals surface area contributed by atoms with Gasteiger partial charge in [-0.1, -0.05) is 30.3 Å². The van der Waals surface area contributed by atoms with Crippen LogP contribution in [0.4, 0.5) is 4.79 Å². The molecule has 0 spiro atoms. The van der Waals surface area contributed by atoms with E-state index in [4.69, 9.17) is 4.74 Å². The van der Waals surface area contributed by atoms with Gasteiger partial charge in [-0.05, 0) is 38.8 Å². The summed E-state index contributed by atoms with van der Waals surface area (Å²) < 4.78 is 5.31. The van der Waals surface area contributed by atoms with Crippen LogP contribution in [0, 0.1) is 0 Å². The Morgan fingerprint density at radius 1 is 1.27 bits per heavy atom. The Balaban J connectivity index is 1.91. The van der Waals surface area contributed by atoms with Crippen LogP contribution in [0.1, 0.15) is 39.7 Å². The third-order valence-electron chi connectivity index (χ3n) is 3.55. The van der Waals surface area contributed by atoms with E-state index in [-0.39, 0.29) is 6.09 Å². The molecule has 1 aliphatic rings. The van der Waals surface area contributed by atoms with Crippen molar-refractivity contribution in [3.05, 3.63) is 47.2 Å². The Kier molecular flexibility index (Phi) is 5.24. The van der Waals surface area contributed by atoms with Gasteiger partial charge in [0.25, 0.3) is 0 Å². The average Bonchev–Trinajstić information content (AvgIpc) is 2.41. The highest BCUT2D eigenvalue weighted by molar-refractivity contribution is 5.70. The average molecular weight is 302 g/mol. The van der Waals surface area contributed by atoms with Gasteiger partial charge in [-0.15, -0.1) is 0 Å². The van der Waals surface area contributed by atoms with Gasteiger partial charge in [-0.3, -0.25) is 10.2 Å². The number of rotatable bonds is 3. The van der Waals surface area contributed by atoms with Crippen LogP contribution in [-0.2, 0) is 11.3 Å². The molecule has 1 N–H and O–H groups in total. The second-order valence-electron chi connectivity index (χ2n) is 6.83. The molecule has 0 atom stereocenters. The topological polar surface area (TPSA) is 41.6 Å². The van der Waals surface area contributed by atoms with E-state index in [1.807, 2.05) is 26.8 Å². The number of amides is 1. The molecule has 0 radical (unpaired) electrons. The van der Waals surface area contributed by atoms with E-state index >= 15 is 0 Å². The van der Waals surface area contributed by atoms with E-state index in [1.165, 1.54) is 11.1 Å². The predicted molar refractivity (Wildman–Crippen MR) is 88.4 cm³/mol. The smallest absolute Gasteiger partial charge is 0.411 e. The molecule has 120 valence electrons. The van der Waals surface area contributed by atoms with Crippen LogP contribution >= 0.6 is 0 Å². The second kappa shape index (κ2) is 6.97. The van der Waals surface area contributed by atoms with Gasteiger partial charge < -0.3 is 4.74 Å². The minimum atomic E-state index is -0.466. The summed E-state index contributed by atoms with van der Waals surface area (Å²) in [6.07, 6.45) is 0.483. The number of hydrogen-bond acceptors (Lipinski definition) is 3. The Labute approximate surface area is 133 Å². The minimum Gasteiger partial charge on any atom is -0.444 e. The summed E-state index contributed by atoms with van der Waals surface area (Å²) in [5.74, 6) is 0. The Bertz CT molecular complexity index is 544. The fourth-order valence-electron chi connectivity index (χ4n) is 2.57. The zero-order valence-electron chi connectivity index (χ0n) is 14.0. The van der Waals surface area contributed by atoms with Gasteiger partial charge >= 0.3 is 6.09 Å². The molecule has 4 nitrogen and oxygen atoms in total. The zero-order valence-corrected chi connectivity index (χ0v) is 14.0. The van der Waals surface area contributed by atoms with Crippen molar-refractivity contribution in [2.75, 3.05) is 13.1 Å². The zero-order chi connectivity index (χ0) is 16.2. The number of carbonyl (C=O) groups excluding carboxylic acids is 1. The van der Waals surface area contributed by atoms with Gasteiger partial charge in [0.1, 0.15) is 5.60 Å². The molecule has 0 fully saturated rings.